The summed E-state index contributed by atoms with van der Waals surface area (Å²) >= 11 is 5.34. The number of benzene rings is 1. The second kappa shape index (κ2) is 9.71. The molecule has 7 heteroatoms. The average Bonchev–Trinajstić information content (AvgIpc) is 3.38. The van der Waals surface area contributed by atoms with E-state index in [1.54, 1.807) is 18.3 Å². The number of aryl methyl sites for hydroxylation is 1. The predicted molar refractivity (Wildman–Crippen MR) is 154 cm³/mol. The highest BCUT2D eigenvalue weighted by Crippen LogP contribution is 2.38. The van der Waals surface area contributed by atoms with Crippen molar-refractivity contribution in [2.45, 2.75) is 97.9 Å². The minimum Gasteiger partial charge on any atom is -0.298 e. The van der Waals surface area contributed by atoms with E-state index in [1.807, 2.05) is 18.6 Å². The fraction of sp³-hybridized carbons (Fsp3) is 0.552. The van der Waals surface area contributed by atoms with Crippen LogP contribution in [0.25, 0.3) is 10.6 Å². The van der Waals surface area contributed by atoms with E-state index < -0.39 is 0 Å². The molecule has 4 rings (SSSR count). The Kier molecular flexibility index (Phi) is 7.30. The molecule has 1 aromatic carbocycles. The normalized spacial score (nSPS) is 19.1. The molecular weight excluding hydrogens is 532 g/mol. The van der Waals surface area contributed by atoms with Crippen molar-refractivity contribution < 1.29 is 4.79 Å². The molecule has 2 atom stereocenters. The van der Waals surface area contributed by atoms with Crippen LogP contribution in [-0.4, -0.2) is 33.2 Å². The smallest absolute Gasteiger partial charge is 0.153 e. The van der Waals surface area contributed by atoms with Gasteiger partial charge >= 0.3 is 0 Å². The summed E-state index contributed by atoms with van der Waals surface area (Å²) in [6, 6.07) is 6.75. The number of halogens is 1. The van der Waals surface area contributed by atoms with Crippen molar-refractivity contribution in [3.63, 3.8) is 0 Å². The molecule has 0 radical (unpaired) electrons. The summed E-state index contributed by atoms with van der Waals surface area (Å²) in [4.78, 5) is 19.8. The SMILES string of the molecule is CC(=O)C1CC(c2csc(-c3cc(C(C)(C)C)cc(C(C)(C)C)c3)n2)CCN1n1nc(C)c(Br)c1C. The Morgan fingerprint density at radius 2 is 1.67 bits per heavy atom. The number of piperidine rings is 1. The molecule has 3 aromatic rings. The Bertz CT molecular complexity index is 1250. The molecule has 5 nitrogen and oxygen atoms in total. The third kappa shape index (κ3) is 5.33. The molecule has 0 aliphatic carbocycles. The second-order valence-electron chi connectivity index (χ2n) is 12.3. The zero-order valence-electron chi connectivity index (χ0n) is 23.1. The number of nitrogens with zero attached hydrogens (tertiary/aromatic N) is 4. The van der Waals surface area contributed by atoms with Crippen LogP contribution in [0, 0.1) is 13.8 Å². The molecule has 0 amide bonds. The third-order valence-corrected chi connectivity index (χ3v) is 9.38. The summed E-state index contributed by atoms with van der Waals surface area (Å²) in [5.74, 6) is 0.431. The molecule has 3 heterocycles. The fourth-order valence-corrected chi connectivity index (χ4v) is 6.04. The summed E-state index contributed by atoms with van der Waals surface area (Å²) in [7, 11) is 0. The first kappa shape index (κ1) is 27.1. The molecule has 2 aromatic heterocycles. The van der Waals surface area contributed by atoms with Crippen molar-refractivity contribution in [1.29, 1.82) is 0 Å². The lowest BCUT2D eigenvalue weighted by Crippen LogP contribution is -2.53. The Morgan fingerprint density at radius 3 is 2.17 bits per heavy atom. The molecule has 0 spiro atoms. The molecule has 1 fully saturated rings. The fourth-order valence-electron chi connectivity index (χ4n) is 4.91. The van der Waals surface area contributed by atoms with E-state index in [9.17, 15) is 4.79 Å². The van der Waals surface area contributed by atoms with Crippen LogP contribution in [0.5, 0.6) is 0 Å². The van der Waals surface area contributed by atoms with Gasteiger partial charge in [0.1, 0.15) is 11.0 Å². The van der Waals surface area contributed by atoms with Crippen LogP contribution in [0.2, 0.25) is 0 Å². The van der Waals surface area contributed by atoms with Gasteiger partial charge in [0.25, 0.3) is 0 Å². The Hall–Kier alpha value is -1.99. The number of carbonyl (C=O) groups is 1. The Balaban J connectivity index is 1.63. The van der Waals surface area contributed by atoms with Crippen molar-refractivity contribution in [1.82, 2.24) is 14.9 Å². The summed E-state index contributed by atoms with van der Waals surface area (Å²) in [5.41, 5.74) is 7.07. The van der Waals surface area contributed by atoms with Crippen LogP contribution in [0.3, 0.4) is 0 Å². The molecule has 0 saturated carbocycles. The van der Waals surface area contributed by atoms with E-state index in [1.165, 1.54) is 16.7 Å². The van der Waals surface area contributed by atoms with Gasteiger partial charge in [0.2, 0.25) is 0 Å². The number of Topliss-reactive ketones (excluding diaryl/α,β-unsaturated/α-hetero) is 1. The molecule has 2 unspecified atom stereocenters. The molecule has 1 aliphatic heterocycles. The monoisotopic (exact) mass is 570 g/mol. The van der Waals surface area contributed by atoms with Crippen molar-refractivity contribution in [3.8, 4) is 10.6 Å². The minimum atomic E-state index is -0.212. The second-order valence-corrected chi connectivity index (χ2v) is 13.9. The lowest BCUT2D eigenvalue weighted by atomic mass is 9.79. The van der Waals surface area contributed by atoms with Gasteiger partial charge in [-0.05, 0) is 83.6 Å². The minimum absolute atomic E-state index is 0.0651. The molecule has 0 N–H and O–H groups in total. The summed E-state index contributed by atoms with van der Waals surface area (Å²) in [6.45, 7) is 20.1. The van der Waals surface area contributed by atoms with Gasteiger partial charge in [-0.15, -0.1) is 11.3 Å². The number of hydrogen-bond acceptors (Lipinski definition) is 5. The first-order valence-electron chi connectivity index (χ1n) is 12.8. The van der Waals surface area contributed by atoms with Crippen molar-refractivity contribution in [2.24, 2.45) is 0 Å². The Morgan fingerprint density at radius 1 is 1.06 bits per heavy atom. The molecule has 0 bridgehead atoms. The quantitative estimate of drug-likeness (QED) is 0.326. The van der Waals surface area contributed by atoms with Gasteiger partial charge in [-0.1, -0.05) is 47.6 Å². The number of carbonyl (C=O) groups excluding carboxylic acids is 1. The van der Waals surface area contributed by atoms with Crippen LogP contribution in [-0.2, 0) is 15.6 Å². The van der Waals surface area contributed by atoms with Crippen molar-refractivity contribution >= 4 is 33.0 Å². The zero-order chi connectivity index (χ0) is 26.6. The highest BCUT2D eigenvalue weighted by atomic mass is 79.9. The predicted octanol–water partition coefficient (Wildman–Crippen LogP) is 7.45. The first-order chi connectivity index (χ1) is 16.7. The molecular formula is C29H39BrN4OS. The highest BCUT2D eigenvalue weighted by molar-refractivity contribution is 9.10. The van der Waals surface area contributed by atoms with Crippen LogP contribution < -0.4 is 5.01 Å². The molecule has 1 saturated heterocycles. The van der Waals surface area contributed by atoms with Gasteiger partial charge in [-0.25, -0.2) is 4.98 Å². The van der Waals surface area contributed by atoms with E-state index in [2.05, 4.69) is 86.1 Å². The van der Waals surface area contributed by atoms with Gasteiger partial charge < -0.3 is 0 Å². The van der Waals surface area contributed by atoms with E-state index in [-0.39, 0.29) is 28.6 Å². The Labute approximate surface area is 228 Å². The number of thiazole rings is 1. The summed E-state index contributed by atoms with van der Waals surface area (Å²) < 4.78 is 1.00. The maximum absolute atomic E-state index is 12.7. The van der Waals surface area contributed by atoms with Crippen LogP contribution >= 0.6 is 27.3 Å². The van der Waals surface area contributed by atoms with E-state index >= 15 is 0 Å². The zero-order valence-corrected chi connectivity index (χ0v) is 25.5. The highest BCUT2D eigenvalue weighted by Gasteiger charge is 2.35. The first-order valence-corrected chi connectivity index (χ1v) is 14.4. The number of rotatable bonds is 4. The van der Waals surface area contributed by atoms with E-state index in [0.717, 1.165) is 45.9 Å². The molecule has 194 valence electrons. The van der Waals surface area contributed by atoms with E-state index in [0.29, 0.717) is 0 Å². The van der Waals surface area contributed by atoms with Crippen molar-refractivity contribution in [2.75, 3.05) is 11.6 Å². The number of hydrogen-bond donors (Lipinski definition) is 0. The summed E-state index contributed by atoms with van der Waals surface area (Å²) in [5, 5.41) is 10.1. The van der Waals surface area contributed by atoms with Gasteiger partial charge in [-0.2, -0.15) is 9.89 Å². The van der Waals surface area contributed by atoms with Crippen LogP contribution in [0.15, 0.2) is 28.1 Å². The lowest BCUT2D eigenvalue weighted by molar-refractivity contribution is -0.119. The van der Waals surface area contributed by atoms with Gasteiger partial charge in [0.05, 0.1) is 21.6 Å². The maximum Gasteiger partial charge on any atom is 0.153 e. The molecule has 36 heavy (non-hydrogen) atoms. The lowest BCUT2D eigenvalue weighted by Gasteiger charge is -2.39. The maximum atomic E-state index is 12.7. The van der Waals surface area contributed by atoms with Gasteiger partial charge in [0.15, 0.2) is 5.78 Å². The topological polar surface area (TPSA) is 51.0 Å². The van der Waals surface area contributed by atoms with Gasteiger partial charge in [-0.3, -0.25) is 9.80 Å². The number of aromatic nitrogens is 3. The van der Waals surface area contributed by atoms with E-state index in [4.69, 9.17) is 10.1 Å². The van der Waals surface area contributed by atoms with Gasteiger partial charge in [0, 0.05) is 23.4 Å². The standard InChI is InChI=1S/C29H39BrN4OS/c1-17-26(30)18(2)34(32-17)33-11-10-20(14-25(33)19(3)35)24-16-36-27(31-24)21-12-22(28(4,5)6)15-23(13-21)29(7,8)9/h12-13,15-16,20,25H,10-11,14H2,1-9H3. The molecule has 1 aliphatic rings. The summed E-state index contributed by atoms with van der Waals surface area (Å²) in [6.07, 6.45) is 1.70. The average molecular weight is 572 g/mol. The van der Waals surface area contributed by atoms with Crippen molar-refractivity contribution in [3.05, 3.63) is 56.3 Å². The largest absolute Gasteiger partial charge is 0.298 e. The van der Waals surface area contributed by atoms with Crippen LogP contribution in [0.4, 0.5) is 0 Å². The number of ketones is 1. The van der Waals surface area contributed by atoms with Crippen LogP contribution in [0.1, 0.15) is 95.4 Å². The third-order valence-electron chi connectivity index (χ3n) is 7.32.